The van der Waals surface area contributed by atoms with Crippen molar-refractivity contribution in [3.63, 3.8) is 0 Å². The van der Waals surface area contributed by atoms with E-state index in [4.69, 9.17) is 0 Å². The van der Waals surface area contributed by atoms with Gasteiger partial charge in [-0.25, -0.2) is 0 Å². The predicted octanol–water partition coefficient (Wildman–Crippen LogP) is -25.1. The third-order valence-electron chi connectivity index (χ3n) is 6.43. The summed E-state index contributed by atoms with van der Waals surface area (Å²) in [5.74, 6) is -18.4. The summed E-state index contributed by atoms with van der Waals surface area (Å²) in [6, 6.07) is 0. The Morgan fingerprint density at radius 2 is 0.277 bits per heavy atom. The van der Waals surface area contributed by atoms with Crippen molar-refractivity contribution in [2.75, 3.05) is 118 Å². The molecule has 0 aliphatic heterocycles. The fourth-order valence-electron chi connectivity index (χ4n) is 4.32. The Hall–Kier alpha value is -3.52. The minimum absolute atomic E-state index is 0. The van der Waals surface area contributed by atoms with Gasteiger partial charge in [0.15, 0.2) is 0 Å². The van der Waals surface area contributed by atoms with Crippen LogP contribution in [0.25, 0.3) is 0 Å². The summed E-state index contributed by atoms with van der Waals surface area (Å²) in [5.41, 5.74) is 0. The van der Waals surface area contributed by atoms with Gasteiger partial charge in [0.2, 0.25) is 0 Å². The topological polar surface area (TPSA) is 501 Å². The molecule has 0 N–H and O–H groups in total. The van der Waals surface area contributed by atoms with Gasteiger partial charge in [0.25, 0.3) is 0 Å². The molecule has 0 aromatic rings. The summed E-state index contributed by atoms with van der Waals surface area (Å²) in [7, 11) is 0. The second kappa shape index (κ2) is 45.6. The van der Waals surface area contributed by atoms with Crippen molar-refractivity contribution in [3.05, 3.63) is 0 Å². The molecule has 0 amide bonds. The normalized spacial score (nSPS) is 9.88. The van der Waals surface area contributed by atoms with E-state index in [1.807, 2.05) is 0 Å². The Bertz CT molecular complexity index is 1150. The van der Waals surface area contributed by atoms with Crippen molar-refractivity contribution < 1.29 is 218 Å². The molecule has 0 rings (SSSR count). The van der Waals surface area contributed by atoms with Gasteiger partial charge >= 0.3 is 97.8 Å². The van der Waals surface area contributed by atoms with Crippen molar-refractivity contribution >= 4 is 71.6 Å². The fourth-order valence-corrected chi connectivity index (χ4v) is 4.32. The van der Waals surface area contributed by atoms with Gasteiger partial charge in [-0.1, -0.05) is 0 Å². The molecule has 0 spiro atoms. The standard InChI is InChI=1S/3C10H16N2O8.4Fe.Na.H/c3*13-7(14)3-11(4-8(15)16)1-2-12(5-9(17)18)6-10(19)20;;;;;;/h3*1-6H2,(H,13,14)(H,15,16)(H,17,18)(H,19,20);;;;;;/q;;;4*+3;+1;-1/p-12. The second-order valence-electron chi connectivity index (χ2n) is 11.7. The van der Waals surface area contributed by atoms with Gasteiger partial charge in [-0.3, -0.25) is 29.4 Å². The number of carboxylic acids is 12. The van der Waals surface area contributed by atoms with Gasteiger partial charge in [0, 0.05) is 118 Å². The van der Waals surface area contributed by atoms with Gasteiger partial charge in [-0.15, -0.1) is 0 Å². The molecule has 0 bridgehead atoms. The van der Waals surface area contributed by atoms with E-state index in [2.05, 4.69) is 0 Å². The molecule has 0 aromatic carbocycles. The quantitative estimate of drug-likeness (QED) is 0.0551. The maximum Gasteiger partial charge on any atom is 3.00 e. The van der Waals surface area contributed by atoms with Crippen LogP contribution in [0.15, 0.2) is 0 Å². The maximum absolute atomic E-state index is 10.4. The summed E-state index contributed by atoms with van der Waals surface area (Å²) < 4.78 is 0. The van der Waals surface area contributed by atoms with E-state index < -0.39 is 150 Å². The molecule has 364 valence electrons. The van der Waals surface area contributed by atoms with Crippen molar-refractivity contribution in [1.29, 1.82) is 0 Å². The first-order valence-electron chi connectivity index (χ1n) is 16.3. The smallest absolute Gasteiger partial charge is 1.00 e. The average Bonchev–Trinajstić information content (AvgIpc) is 3.02. The molecule has 4 radical (unpaired) electrons. The van der Waals surface area contributed by atoms with Crippen molar-refractivity contribution in [2.45, 2.75) is 0 Å². The SMILES string of the molecule is O=C([O-])CN(CCN(CC(=O)[O-])CC(=O)[O-])CC(=O)[O-].O=C([O-])CN(CCN(CC(=O)[O-])CC(=O)[O-])CC(=O)[O-].O=C([O-])CN(CCN(CC(=O)[O-])CC(=O)[O-])CC(=O)[O-].[Fe+3].[Fe+3].[Fe+3].[Fe+3].[H-].[Na+]. The Morgan fingerprint density at radius 1 is 0.215 bits per heavy atom. The van der Waals surface area contributed by atoms with E-state index in [0.29, 0.717) is 0 Å². The number of carboxylic acid groups (broad SMARTS) is 12. The molecule has 0 atom stereocenters. The molecule has 0 aliphatic carbocycles. The molecule has 0 aromatic heterocycles. The van der Waals surface area contributed by atoms with Crippen LogP contribution in [0, 0.1) is 0 Å². The Balaban J connectivity index is -0.000000101. The van der Waals surface area contributed by atoms with Crippen LogP contribution in [0.3, 0.4) is 0 Å². The van der Waals surface area contributed by atoms with E-state index in [9.17, 15) is 119 Å². The number of carbonyl (C=O) groups excluding carboxylic acids is 12. The van der Waals surface area contributed by atoms with Gasteiger partial charge < -0.3 is 120 Å². The number of rotatable bonds is 33. The Morgan fingerprint density at radius 3 is 0.323 bits per heavy atom. The number of carbonyl (C=O) groups is 12. The molecule has 0 saturated heterocycles. The first-order valence-corrected chi connectivity index (χ1v) is 16.3. The van der Waals surface area contributed by atoms with E-state index in [1.165, 1.54) is 0 Å². The predicted molar refractivity (Wildman–Crippen MR) is 160 cm³/mol. The van der Waals surface area contributed by atoms with Gasteiger partial charge in [0.1, 0.15) is 0 Å². The zero-order valence-electron chi connectivity index (χ0n) is 34.6. The third-order valence-corrected chi connectivity index (χ3v) is 6.43. The summed E-state index contributed by atoms with van der Waals surface area (Å²) in [6.45, 7) is -9.75. The average molecular weight is 1110 g/mol. The van der Waals surface area contributed by atoms with Crippen LogP contribution in [0.4, 0.5) is 0 Å². The maximum atomic E-state index is 10.4. The largest absolute Gasteiger partial charge is 3.00 e. The zero-order chi connectivity index (χ0) is 47.1. The Labute approximate surface area is 434 Å². The van der Waals surface area contributed by atoms with Crippen molar-refractivity contribution in [2.24, 2.45) is 0 Å². The van der Waals surface area contributed by atoms with Crippen LogP contribution >= 0.6 is 0 Å². The van der Waals surface area contributed by atoms with Gasteiger partial charge in [-0.05, 0) is 0 Å². The number of nitrogens with zero attached hydrogens (tertiary/aromatic N) is 6. The van der Waals surface area contributed by atoms with E-state index in [1.54, 1.807) is 0 Å². The minimum Gasteiger partial charge on any atom is -1.00 e. The molecular formula is C30H37Fe4N6NaO24. The summed E-state index contributed by atoms with van der Waals surface area (Å²) in [4.78, 5) is 130. The molecule has 0 aliphatic rings. The molecule has 30 nitrogen and oxygen atoms in total. The van der Waals surface area contributed by atoms with Gasteiger partial charge in [0.05, 0.1) is 71.6 Å². The molecule has 65 heavy (non-hydrogen) atoms. The first-order chi connectivity index (χ1) is 27.6. The van der Waals surface area contributed by atoms with E-state index >= 15 is 0 Å². The van der Waals surface area contributed by atoms with Crippen LogP contribution in [0.5, 0.6) is 0 Å². The summed E-state index contributed by atoms with van der Waals surface area (Å²) in [6.07, 6.45) is 0. The number of aliphatic carboxylic acids is 12. The molecule has 35 heteroatoms. The van der Waals surface area contributed by atoms with E-state index in [-0.39, 0.29) is 139 Å². The van der Waals surface area contributed by atoms with Crippen LogP contribution < -0.4 is 90.8 Å². The van der Waals surface area contributed by atoms with Crippen LogP contribution in [-0.2, 0) is 126 Å². The first kappa shape index (κ1) is 78.6. The Kier molecular flexibility index (Phi) is 55.2. The molecule has 0 saturated carbocycles. The van der Waals surface area contributed by atoms with Crippen molar-refractivity contribution in [1.82, 2.24) is 29.4 Å². The van der Waals surface area contributed by atoms with Crippen LogP contribution in [-0.4, -0.2) is 219 Å². The third kappa shape index (κ3) is 58.5. The summed E-state index contributed by atoms with van der Waals surface area (Å²) in [5, 5.41) is 125. The number of hydrogen-bond acceptors (Lipinski definition) is 30. The number of hydrogen-bond donors (Lipinski definition) is 0. The molecule has 0 fully saturated rings. The molecular weight excluding hydrogens is 1070 g/mol. The fraction of sp³-hybridized carbons (Fsp3) is 0.600. The van der Waals surface area contributed by atoms with Crippen LogP contribution in [0.1, 0.15) is 1.43 Å². The molecule has 0 heterocycles. The van der Waals surface area contributed by atoms with E-state index in [0.717, 1.165) is 29.4 Å². The summed E-state index contributed by atoms with van der Waals surface area (Å²) >= 11 is 0. The van der Waals surface area contributed by atoms with Crippen LogP contribution in [0.2, 0.25) is 0 Å². The van der Waals surface area contributed by atoms with Gasteiger partial charge in [-0.2, -0.15) is 0 Å². The monoisotopic (exact) mass is 1110 g/mol. The molecule has 0 unspecified atom stereocenters. The van der Waals surface area contributed by atoms with Crippen molar-refractivity contribution in [3.8, 4) is 0 Å². The minimum atomic E-state index is -1.53. The second-order valence-corrected chi connectivity index (χ2v) is 11.7. The zero-order valence-corrected chi connectivity index (χ0v) is 40.0.